The fraction of sp³-hybridized carbons (Fsp3) is 0.0968. The summed E-state index contributed by atoms with van der Waals surface area (Å²) >= 11 is 9.73. The predicted octanol–water partition coefficient (Wildman–Crippen LogP) is 7.55. The fourth-order valence-electron chi connectivity index (χ4n) is 4.86. The molecule has 0 aliphatic carbocycles. The lowest BCUT2D eigenvalue weighted by Gasteiger charge is -2.26. The van der Waals surface area contributed by atoms with Crippen molar-refractivity contribution in [3.05, 3.63) is 133 Å². The Morgan fingerprint density at radius 1 is 0.923 bits per heavy atom. The number of fused-ring (bicyclic) bond motifs is 2. The third kappa shape index (κ3) is 4.58. The summed E-state index contributed by atoms with van der Waals surface area (Å²) in [6.45, 7) is 0.361. The lowest BCUT2D eigenvalue weighted by atomic mass is 9.97. The molecule has 6 rings (SSSR count). The van der Waals surface area contributed by atoms with Gasteiger partial charge in [-0.25, -0.2) is 0 Å². The molecule has 0 spiro atoms. The molecule has 194 valence electrons. The Kier molecular flexibility index (Phi) is 6.62. The standard InChI is InChI=1S/C31H21BrClNO5/c1-37-26-14-19(10-12-25(26)38-17-18-6-3-2-4-7-18)28-27-29(35)23-15-20(32)11-13-24(23)39-30(27)31(36)34(28)22-9-5-8-21(33)16-22/h2-16,28H,17H2,1H3. The predicted molar refractivity (Wildman–Crippen MR) is 154 cm³/mol. The second kappa shape index (κ2) is 10.2. The lowest BCUT2D eigenvalue weighted by molar-refractivity contribution is 0.0971. The Bertz CT molecular complexity index is 1790. The first-order valence-electron chi connectivity index (χ1n) is 12.1. The fourth-order valence-corrected chi connectivity index (χ4v) is 5.41. The Labute approximate surface area is 237 Å². The van der Waals surface area contributed by atoms with E-state index in [0.29, 0.717) is 45.3 Å². The van der Waals surface area contributed by atoms with E-state index < -0.39 is 11.9 Å². The monoisotopic (exact) mass is 601 g/mol. The molecule has 1 amide bonds. The van der Waals surface area contributed by atoms with Crippen LogP contribution in [0, 0.1) is 0 Å². The van der Waals surface area contributed by atoms with Gasteiger partial charge in [-0.05, 0) is 59.7 Å². The van der Waals surface area contributed by atoms with Crippen molar-refractivity contribution in [2.75, 3.05) is 12.0 Å². The molecular formula is C31H21BrClNO5. The minimum absolute atomic E-state index is 0.00293. The van der Waals surface area contributed by atoms with Crippen LogP contribution in [0.2, 0.25) is 5.02 Å². The van der Waals surface area contributed by atoms with E-state index >= 15 is 0 Å². The molecule has 0 saturated heterocycles. The van der Waals surface area contributed by atoms with E-state index in [9.17, 15) is 9.59 Å². The quantitative estimate of drug-likeness (QED) is 0.201. The second-order valence-electron chi connectivity index (χ2n) is 9.06. The summed E-state index contributed by atoms with van der Waals surface area (Å²) in [6.07, 6.45) is 0. The molecule has 39 heavy (non-hydrogen) atoms. The molecule has 0 bridgehead atoms. The van der Waals surface area contributed by atoms with Crippen molar-refractivity contribution < 1.29 is 18.7 Å². The van der Waals surface area contributed by atoms with Crippen LogP contribution in [0.4, 0.5) is 5.69 Å². The summed E-state index contributed by atoms with van der Waals surface area (Å²) in [7, 11) is 1.55. The molecule has 1 aromatic heterocycles. The maximum Gasteiger partial charge on any atom is 0.295 e. The molecule has 1 unspecified atom stereocenters. The Balaban J connectivity index is 1.50. The first kappa shape index (κ1) is 25.2. The zero-order valence-corrected chi connectivity index (χ0v) is 23.0. The van der Waals surface area contributed by atoms with Gasteiger partial charge in [0.05, 0.1) is 24.1 Å². The highest BCUT2D eigenvalue weighted by Crippen LogP contribution is 2.44. The van der Waals surface area contributed by atoms with Crippen molar-refractivity contribution in [1.82, 2.24) is 0 Å². The highest BCUT2D eigenvalue weighted by atomic mass is 79.9. The number of nitrogens with zero attached hydrogens (tertiary/aromatic N) is 1. The SMILES string of the molecule is COc1cc(C2c3c(oc4ccc(Br)cc4c3=O)C(=O)N2c2cccc(Cl)c2)ccc1OCc1ccccc1. The largest absolute Gasteiger partial charge is 0.493 e. The van der Waals surface area contributed by atoms with Gasteiger partial charge in [-0.1, -0.05) is 70.0 Å². The Morgan fingerprint density at radius 2 is 1.74 bits per heavy atom. The topological polar surface area (TPSA) is 69.0 Å². The van der Waals surface area contributed by atoms with Gasteiger partial charge in [-0.2, -0.15) is 0 Å². The van der Waals surface area contributed by atoms with E-state index in [-0.39, 0.29) is 16.8 Å². The number of benzene rings is 4. The summed E-state index contributed by atoms with van der Waals surface area (Å²) in [5, 5.41) is 0.842. The van der Waals surface area contributed by atoms with Gasteiger partial charge >= 0.3 is 0 Å². The number of anilines is 1. The highest BCUT2D eigenvalue weighted by molar-refractivity contribution is 9.10. The number of methoxy groups -OCH3 is 1. The number of hydrogen-bond donors (Lipinski definition) is 0. The molecule has 4 aromatic carbocycles. The maximum atomic E-state index is 13.9. The number of carbonyl (C=O) groups excluding carboxylic acids is 1. The van der Waals surface area contributed by atoms with Gasteiger partial charge in [-0.15, -0.1) is 0 Å². The van der Waals surface area contributed by atoms with Crippen LogP contribution in [-0.4, -0.2) is 13.0 Å². The van der Waals surface area contributed by atoms with Crippen LogP contribution in [0.25, 0.3) is 11.0 Å². The zero-order valence-electron chi connectivity index (χ0n) is 20.7. The van der Waals surface area contributed by atoms with Crippen molar-refractivity contribution in [1.29, 1.82) is 0 Å². The molecule has 6 nitrogen and oxygen atoms in total. The minimum Gasteiger partial charge on any atom is -0.493 e. The van der Waals surface area contributed by atoms with Gasteiger partial charge in [0.25, 0.3) is 5.91 Å². The van der Waals surface area contributed by atoms with Crippen LogP contribution in [-0.2, 0) is 6.61 Å². The van der Waals surface area contributed by atoms with Gasteiger partial charge < -0.3 is 13.9 Å². The molecule has 0 N–H and O–H groups in total. The Hall–Kier alpha value is -4.07. The van der Waals surface area contributed by atoms with Gasteiger partial charge in [0.2, 0.25) is 5.76 Å². The number of halogens is 2. The van der Waals surface area contributed by atoms with Crippen LogP contribution in [0.3, 0.4) is 0 Å². The summed E-state index contributed by atoms with van der Waals surface area (Å²) in [5.74, 6) is 0.590. The van der Waals surface area contributed by atoms with Crippen LogP contribution in [0.1, 0.15) is 33.3 Å². The Morgan fingerprint density at radius 3 is 2.51 bits per heavy atom. The molecule has 8 heteroatoms. The molecule has 0 saturated carbocycles. The van der Waals surface area contributed by atoms with Crippen molar-refractivity contribution in [3.8, 4) is 11.5 Å². The van der Waals surface area contributed by atoms with Crippen LogP contribution >= 0.6 is 27.5 Å². The minimum atomic E-state index is -0.775. The van der Waals surface area contributed by atoms with Crippen LogP contribution < -0.4 is 19.8 Å². The number of hydrogen-bond acceptors (Lipinski definition) is 5. The van der Waals surface area contributed by atoms with Crippen molar-refractivity contribution in [2.45, 2.75) is 12.6 Å². The second-order valence-corrected chi connectivity index (χ2v) is 10.4. The maximum absolute atomic E-state index is 13.9. The molecular weight excluding hydrogens is 582 g/mol. The van der Waals surface area contributed by atoms with E-state index in [1.807, 2.05) is 36.4 Å². The van der Waals surface area contributed by atoms with E-state index in [2.05, 4.69) is 15.9 Å². The molecule has 2 heterocycles. The number of ether oxygens (including phenoxy) is 2. The van der Waals surface area contributed by atoms with Gasteiger partial charge in [0, 0.05) is 15.2 Å². The van der Waals surface area contributed by atoms with Gasteiger partial charge in [-0.3, -0.25) is 14.5 Å². The van der Waals surface area contributed by atoms with E-state index in [1.54, 1.807) is 61.7 Å². The summed E-state index contributed by atoms with van der Waals surface area (Å²) in [5.41, 5.74) is 2.53. The van der Waals surface area contributed by atoms with E-state index in [4.69, 9.17) is 25.5 Å². The zero-order chi connectivity index (χ0) is 27.1. The molecule has 1 atom stereocenters. The first-order valence-corrected chi connectivity index (χ1v) is 13.3. The average Bonchev–Trinajstić information content (AvgIpc) is 3.25. The highest BCUT2D eigenvalue weighted by Gasteiger charge is 2.44. The van der Waals surface area contributed by atoms with E-state index in [0.717, 1.165) is 10.0 Å². The smallest absolute Gasteiger partial charge is 0.295 e. The summed E-state index contributed by atoms with van der Waals surface area (Å²) in [4.78, 5) is 29.2. The third-order valence-electron chi connectivity index (χ3n) is 6.66. The average molecular weight is 603 g/mol. The van der Waals surface area contributed by atoms with Crippen molar-refractivity contribution in [2.24, 2.45) is 0 Å². The molecule has 5 aromatic rings. The van der Waals surface area contributed by atoms with Crippen LogP contribution in [0.5, 0.6) is 11.5 Å². The lowest BCUT2D eigenvalue weighted by Crippen LogP contribution is -2.29. The number of amides is 1. The normalized spacial score (nSPS) is 14.5. The first-order chi connectivity index (χ1) is 18.9. The summed E-state index contributed by atoms with van der Waals surface area (Å²) in [6, 6.07) is 26.5. The molecule has 1 aliphatic heterocycles. The molecule has 0 radical (unpaired) electrons. The molecule has 1 aliphatic rings. The molecule has 0 fully saturated rings. The number of carbonyl (C=O) groups is 1. The van der Waals surface area contributed by atoms with Crippen molar-refractivity contribution >= 4 is 50.1 Å². The van der Waals surface area contributed by atoms with Crippen LogP contribution in [0.15, 0.2) is 105 Å². The van der Waals surface area contributed by atoms with Gasteiger partial charge in [0.1, 0.15) is 12.2 Å². The van der Waals surface area contributed by atoms with E-state index in [1.165, 1.54) is 4.90 Å². The van der Waals surface area contributed by atoms with Crippen molar-refractivity contribution in [3.63, 3.8) is 0 Å². The summed E-state index contributed by atoms with van der Waals surface area (Å²) < 4.78 is 18.5. The third-order valence-corrected chi connectivity index (χ3v) is 7.39. The number of rotatable bonds is 6. The van der Waals surface area contributed by atoms with Gasteiger partial charge in [0.15, 0.2) is 16.9 Å².